The zero-order valence-corrected chi connectivity index (χ0v) is 12.2. The predicted octanol–water partition coefficient (Wildman–Crippen LogP) is 1.13. The Morgan fingerprint density at radius 1 is 0.692 bits per heavy atom. The molecule has 0 fully saturated rings. The molecule has 0 bridgehead atoms. The summed E-state index contributed by atoms with van der Waals surface area (Å²) in [6.45, 7) is 2.28. The predicted molar refractivity (Wildman–Crippen MR) is 63.2 cm³/mol. The van der Waals surface area contributed by atoms with Gasteiger partial charge >= 0.3 is 0 Å². The summed E-state index contributed by atoms with van der Waals surface area (Å²) >= 11 is 0. The third-order valence-corrected chi connectivity index (χ3v) is 2.85. The zero-order valence-electron chi connectivity index (χ0n) is 9.16. The monoisotopic (exact) mass is 268 g/mol. The lowest BCUT2D eigenvalue weighted by Crippen LogP contribution is -3.00. The Morgan fingerprint density at radius 3 is 1.46 bits per heavy atom. The van der Waals surface area contributed by atoms with Crippen LogP contribution < -0.4 is 17.0 Å². The quantitative estimate of drug-likeness (QED) is 0.435. The second kappa shape index (κ2) is 15.4. The fourth-order valence-electron chi connectivity index (χ4n) is 1.49. The standard InChI is InChI=1S/C11H25P.BrH/c1-2-3-4-5-6-7-8-9-10-11-12;/h2-12H2,1H3;1H. The van der Waals surface area contributed by atoms with E-state index in [9.17, 15) is 0 Å². The molecule has 13 heavy (non-hydrogen) atoms. The molecular formula is C11H26BrP. The molecule has 0 nitrogen and oxygen atoms in total. The van der Waals surface area contributed by atoms with E-state index in [1.54, 1.807) is 0 Å². The van der Waals surface area contributed by atoms with Crippen LogP contribution in [0.3, 0.4) is 0 Å². The Balaban J connectivity index is 0. The smallest absolute Gasteiger partial charge is 0.0526 e. The number of unbranched alkanes of at least 4 members (excludes halogenated alkanes) is 8. The molecule has 1 unspecified atom stereocenters. The van der Waals surface area contributed by atoms with E-state index in [2.05, 4.69) is 16.2 Å². The minimum atomic E-state index is 0. The van der Waals surface area contributed by atoms with Crippen molar-refractivity contribution in [3.05, 3.63) is 0 Å². The molecule has 0 aliphatic carbocycles. The van der Waals surface area contributed by atoms with Gasteiger partial charge in [-0.3, -0.25) is 0 Å². The van der Waals surface area contributed by atoms with Crippen LogP contribution in [0.4, 0.5) is 0 Å². The van der Waals surface area contributed by atoms with Crippen molar-refractivity contribution < 1.29 is 17.0 Å². The van der Waals surface area contributed by atoms with Crippen LogP contribution in [0, 0.1) is 0 Å². The van der Waals surface area contributed by atoms with Crippen LogP contribution >= 0.6 is 9.24 Å². The molecule has 0 heterocycles. The van der Waals surface area contributed by atoms with E-state index < -0.39 is 0 Å². The van der Waals surface area contributed by atoms with Gasteiger partial charge in [0.2, 0.25) is 0 Å². The fraction of sp³-hybridized carbons (Fsp3) is 1.00. The van der Waals surface area contributed by atoms with Crippen molar-refractivity contribution in [2.45, 2.75) is 64.7 Å². The Kier molecular flexibility index (Phi) is 19.3. The van der Waals surface area contributed by atoms with Gasteiger partial charge in [-0.15, -0.1) is 0 Å². The van der Waals surface area contributed by atoms with Gasteiger partial charge in [-0.05, 0) is 22.1 Å². The topological polar surface area (TPSA) is 0 Å². The van der Waals surface area contributed by atoms with Crippen LogP contribution in [0.1, 0.15) is 64.7 Å². The molecule has 0 saturated carbocycles. The second-order valence-electron chi connectivity index (χ2n) is 3.68. The van der Waals surface area contributed by atoms with Crippen LogP contribution in [0.15, 0.2) is 0 Å². The van der Waals surface area contributed by atoms with Gasteiger partial charge in [-0.1, -0.05) is 51.9 Å². The van der Waals surface area contributed by atoms with Crippen molar-refractivity contribution in [1.82, 2.24) is 0 Å². The van der Waals surface area contributed by atoms with E-state index in [1.807, 2.05) is 0 Å². The Bertz CT molecular complexity index is 66.5. The van der Waals surface area contributed by atoms with E-state index in [-0.39, 0.29) is 17.0 Å². The van der Waals surface area contributed by atoms with E-state index >= 15 is 0 Å². The van der Waals surface area contributed by atoms with Crippen LogP contribution in [-0.4, -0.2) is 6.16 Å². The molecule has 0 N–H and O–H groups in total. The van der Waals surface area contributed by atoms with Crippen molar-refractivity contribution in [3.63, 3.8) is 0 Å². The van der Waals surface area contributed by atoms with Gasteiger partial charge in [0.05, 0.1) is 6.16 Å². The third-order valence-electron chi connectivity index (χ3n) is 2.35. The van der Waals surface area contributed by atoms with E-state index in [1.165, 1.54) is 63.9 Å². The molecule has 0 aromatic rings. The Hall–Kier alpha value is 0.910. The highest BCUT2D eigenvalue weighted by atomic mass is 79.9. The molecule has 0 radical (unpaired) electrons. The molecule has 0 aliphatic heterocycles. The van der Waals surface area contributed by atoms with Crippen LogP contribution in [0.25, 0.3) is 0 Å². The zero-order chi connectivity index (χ0) is 9.07. The highest BCUT2D eigenvalue weighted by Gasteiger charge is 1.90. The van der Waals surface area contributed by atoms with Crippen LogP contribution in [0.2, 0.25) is 0 Å². The summed E-state index contributed by atoms with van der Waals surface area (Å²) in [7, 11) is 2.11. The minimum absolute atomic E-state index is 0. The van der Waals surface area contributed by atoms with Crippen molar-refractivity contribution >= 4 is 9.24 Å². The molecule has 0 rings (SSSR count). The highest BCUT2D eigenvalue weighted by Crippen LogP contribution is 2.09. The first-order valence-corrected chi connectivity index (χ1v) is 6.71. The van der Waals surface area contributed by atoms with E-state index in [4.69, 9.17) is 0 Å². The molecule has 1 atom stereocenters. The number of hydrogen-bond donors (Lipinski definition) is 0. The molecule has 0 aromatic carbocycles. The van der Waals surface area contributed by atoms with Gasteiger partial charge in [-0.2, -0.15) is 0 Å². The minimum Gasteiger partial charge on any atom is -1.00 e. The van der Waals surface area contributed by atoms with Crippen molar-refractivity contribution in [3.8, 4) is 0 Å². The van der Waals surface area contributed by atoms with Gasteiger partial charge < -0.3 is 17.0 Å². The first-order valence-electron chi connectivity index (χ1n) is 5.71. The number of halogens is 1. The van der Waals surface area contributed by atoms with E-state index in [0.29, 0.717) is 0 Å². The third kappa shape index (κ3) is 15.6. The maximum Gasteiger partial charge on any atom is 0.0526 e. The summed E-state index contributed by atoms with van der Waals surface area (Å²) in [5.41, 5.74) is 0. The molecule has 0 saturated heterocycles. The van der Waals surface area contributed by atoms with Crippen molar-refractivity contribution in [2.24, 2.45) is 0 Å². The molecule has 0 spiro atoms. The van der Waals surface area contributed by atoms with Gasteiger partial charge in [0.1, 0.15) is 0 Å². The highest BCUT2D eigenvalue weighted by molar-refractivity contribution is 7.16. The Labute approximate surface area is 97.2 Å². The normalized spacial score (nSPS) is 9.92. The molecule has 2 heteroatoms. The molecular weight excluding hydrogens is 243 g/mol. The molecule has 0 aliphatic rings. The molecule has 0 aromatic heterocycles. The fourth-order valence-corrected chi connectivity index (χ4v) is 1.84. The summed E-state index contributed by atoms with van der Waals surface area (Å²) < 4.78 is 0. The maximum atomic E-state index is 2.28. The first-order chi connectivity index (χ1) is 5.91. The summed E-state index contributed by atoms with van der Waals surface area (Å²) in [6.07, 6.45) is 14.5. The lowest BCUT2D eigenvalue weighted by molar-refractivity contribution is -0.00000264. The SMILES string of the molecule is CCCCCCCCCCC[PH3+].[Br-]. The van der Waals surface area contributed by atoms with Gasteiger partial charge in [0, 0.05) is 0 Å². The van der Waals surface area contributed by atoms with Crippen LogP contribution in [-0.2, 0) is 0 Å². The lowest BCUT2D eigenvalue weighted by Gasteiger charge is -1.99. The molecule has 82 valence electrons. The maximum absolute atomic E-state index is 2.28. The summed E-state index contributed by atoms with van der Waals surface area (Å²) in [5, 5.41) is 0. The summed E-state index contributed by atoms with van der Waals surface area (Å²) in [4.78, 5) is 0. The van der Waals surface area contributed by atoms with Gasteiger partial charge in [0.15, 0.2) is 0 Å². The van der Waals surface area contributed by atoms with Crippen molar-refractivity contribution in [1.29, 1.82) is 0 Å². The first kappa shape index (κ1) is 16.3. The van der Waals surface area contributed by atoms with Crippen LogP contribution in [0.5, 0.6) is 0 Å². The van der Waals surface area contributed by atoms with Crippen molar-refractivity contribution in [2.75, 3.05) is 6.16 Å². The average molecular weight is 269 g/mol. The Morgan fingerprint density at radius 2 is 1.08 bits per heavy atom. The van der Waals surface area contributed by atoms with Gasteiger partial charge in [0.25, 0.3) is 0 Å². The summed E-state index contributed by atoms with van der Waals surface area (Å²) in [5.74, 6) is 0. The molecule has 0 amide bonds. The summed E-state index contributed by atoms with van der Waals surface area (Å²) in [6, 6.07) is 0. The van der Waals surface area contributed by atoms with Gasteiger partial charge in [-0.25, -0.2) is 0 Å². The second-order valence-corrected chi connectivity index (χ2v) is 4.39. The number of rotatable bonds is 9. The number of hydrogen-bond acceptors (Lipinski definition) is 0. The average Bonchev–Trinajstić information content (AvgIpc) is 2.10. The lowest BCUT2D eigenvalue weighted by atomic mass is 10.1. The van der Waals surface area contributed by atoms with E-state index in [0.717, 1.165) is 0 Å². The largest absolute Gasteiger partial charge is 1.00 e.